The molecule has 1 aromatic heterocycles. The van der Waals surface area contributed by atoms with Crippen LogP contribution >= 0.6 is 12.2 Å². The summed E-state index contributed by atoms with van der Waals surface area (Å²) in [4.78, 5) is 23.7. The number of thiocarbonyl (C=S) groups is 1. The van der Waals surface area contributed by atoms with Crippen molar-refractivity contribution in [2.45, 2.75) is 13.0 Å². The molecule has 21 heavy (non-hydrogen) atoms. The van der Waals surface area contributed by atoms with Crippen molar-refractivity contribution >= 4 is 28.8 Å². The van der Waals surface area contributed by atoms with Crippen molar-refractivity contribution in [3.63, 3.8) is 0 Å². The van der Waals surface area contributed by atoms with Crippen LogP contribution in [-0.4, -0.2) is 25.2 Å². The first-order valence-electron chi connectivity index (χ1n) is 6.26. The van der Waals surface area contributed by atoms with Crippen LogP contribution < -0.4 is 16.7 Å². The van der Waals surface area contributed by atoms with Crippen molar-refractivity contribution in [3.8, 4) is 0 Å². The molecule has 0 aliphatic heterocycles. The van der Waals surface area contributed by atoms with Gasteiger partial charge in [-0.1, -0.05) is 24.4 Å². The molecule has 1 heterocycles. The Kier molecular flexibility index (Phi) is 4.49. The lowest BCUT2D eigenvalue weighted by atomic mass is 10.1. The summed E-state index contributed by atoms with van der Waals surface area (Å²) in [6, 6.07) is 7.03. The lowest BCUT2D eigenvalue weighted by Crippen LogP contribution is -2.25. The normalized spacial score (nSPS) is 10.3. The van der Waals surface area contributed by atoms with Gasteiger partial charge in [-0.3, -0.25) is 9.36 Å². The van der Waals surface area contributed by atoms with Gasteiger partial charge in [0.1, 0.15) is 11.3 Å². The number of carbonyl (C=O) groups excluding carboxylic acids is 1. The molecule has 0 fully saturated rings. The second-order valence-corrected chi connectivity index (χ2v) is 4.90. The first-order valence-corrected chi connectivity index (χ1v) is 6.67. The zero-order chi connectivity index (χ0) is 15.4. The van der Waals surface area contributed by atoms with Gasteiger partial charge in [0.2, 0.25) is 5.91 Å². The Morgan fingerprint density at radius 3 is 2.76 bits per heavy atom. The summed E-state index contributed by atoms with van der Waals surface area (Å²) >= 11 is 4.93. The molecule has 8 heteroatoms. The maximum Gasteiger partial charge on any atom is 0.345 e. The van der Waals surface area contributed by atoms with Crippen LogP contribution in [-0.2, 0) is 18.4 Å². The van der Waals surface area contributed by atoms with E-state index in [2.05, 4.69) is 10.4 Å². The fourth-order valence-electron chi connectivity index (χ4n) is 1.80. The SMILES string of the molecule is Cn1cnn(CCC(=O)Nc2ccccc2C(N)=S)c1=O. The third kappa shape index (κ3) is 3.54. The molecular weight excluding hydrogens is 290 g/mol. The molecule has 3 N–H and O–H groups in total. The van der Waals surface area contributed by atoms with Gasteiger partial charge in [-0.25, -0.2) is 9.48 Å². The molecule has 0 aliphatic carbocycles. The maximum atomic E-state index is 11.9. The highest BCUT2D eigenvalue weighted by Gasteiger charge is 2.09. The van der Waals surface area contributed by atoms with Crippen LogP contribution in [0.5, 0.6) is 0 Å². The summed E-state index contributed by atoms with van der Waals surface area (Å²) in [7, 11) is 1.60. The minimum atomic E-state index is -0.258. The first-order chi connectivity index (χ1) is 9.99. The number of carbonyl (C=O) groups is 1. The number of rotatable bonds is 5. The summed E-state index contributed by atoms with van der Waals surface area (Å²) in [5.74, 6) is -0.240. The van der Waals surface area contributed by atoms with E-state index < -0.39 is 0 Å². The van der Waals surface area contributed by atoms with Gasteiger partial charge in [0.25, 0.3) is 0 Å². The topological polar surface area (TPSA) is 94.9 Å². The third-order valence-electron chi connectivity index (χ3n) is 2.90. The third-order valence-corrected chi connectivity index (χ3v) is 3.12. The van der Waals surface area contributed by atoms with Gasteiger partial charge in [-0.15, -0.1) is 0 Å². The van der Waals surface area contributed by atoms with E-state index in [1.807, 2.05) is 0 Å². The fourth-order valence-corrected chi connectivity index (χ4v) is 1.98. The predicted molar refractivity (Wildman–Crippen MR) is 83.0 cm³/mol. The van der Waals surface area contributed by atoms with Crippen LogP contribution in [0.25, 0.3) is 0 Å². The molecule has 0 saturated heterocycles. The Morgan fingerprint density at radius 2 is 2.14 bits per heavy atom. The summed E-state index contributed by atoms with van der Waals surface area (Å²) in [5, 5.41) is 6.62. The summed E-state index contributed by atoms with van der Waals surface area (Å²) in [5.41, 5.74) is 6.51. The Hall–Kier alpha value is -2.48. The lowest BCUT2D eigenvalue weighted by molar-refractivity contribution is -0.116. The molecule has 0 saturated carbocycles. The molecule has 1 aromatic carbocycles. The van der Waals surface area contributed by atoms with Crippen LogP contribution in [0.15, 0.2) is 35.4 Å². The molecule has 1 amide bonds. The number of hydrogen-bond donors (Lipinski definition) is 2. The van der Waals surface area contributed by atoms with E-state index in [-0.39, 0.29) is 29.6 Å². The van der Waals surface area contributed by atoms with E-state index in [9.17, 15) is 9.59 Å². The Labute approximate surface area is 126 Å². The minimum Gasteiger partial charge on any atom is -0.389 e. The highest BCUT2D eigenvalue weighted by Crippen LogP contribution is 2.14. The summed E-state index contributed by atoms with van der Waals surface area (Å²) < 4.78 is 2.58. The molecule has 0 radical (unpaired) electrons. The number of benzene rings is 1. The monoisotopic (exact) mass is 305 g/mol. The van der Waals surface area contributed by atoms with Crippen LogP contribution in [0.2, 0.25) is 0 Å². The number of nitrogens with one attached hydrogen (secondary N) is 1. The van der Waals surface area contributed by atoms with Gasteiger partial charge in [0, 0.05) is 19.0 Å². The van der Waals surface area contributed by atoms with Gasteiger partial charge < -0.3 is 11.1 Å². The van der Waals surface area contributed by atoms with Crippen molar-refractivity contribution < 1.29 is 4.79 Å². The van der Waals surface area contributed by atoms with Gasteiger partial charge in [-0.2, -0.15) is 5.10 Å². The molecule has 2 rings (SSSR count). The Morgan fingerprint density at radius 1 is 1.43 bits per heavy atom. The van der Waals surface area contributed by atoms with Crippen LogP contribution in [0, 0.1) is 0 Å². The van der Waals surface area contributed by atoms with Crippen LogP contribution in [0.4, 0.5) is 5.69 Å². The standard InChI is InChI=1S/C13H15N5O2S/c1-17-8-15-18(13(17)20)7-6-11(19)16-10-5-3-2-4-9(10)12(14)21/h2-5,8H,6-7H2,1H3,(H2,14,21)(H,16,19). The highest BCUT2D eigenvalue weighted by atomic mass is 32.1. The van der Waals surface area contributed by atoms with Crippen molar-refractivity contribution in [1.82, 2.24) is 14.3 Å². The average molecular weight is 305 g/mol. The molecule has 0 aliphatic rings. The van der Waals surface area contributed by atoms with Crippen molar-refractivity contribution in [1.29, 1.82) is 0 Å². The second-order valence-electron chi connectivity index (χ2n) is 4.46. The highest BCUT2D eigenvalue weighted by molar-refractivity contribution is 7.80. The molecule has 0 atom stereocenters. The second kappa shape index (κ2) is 6.31. The van der Waals surface area contributed by atoms with E-state index in [0.717, 1.165) is 0 Å². The quantitative estimate of drug-likeness (QED) is 0.772. The van der Waals surface area contributed by atoms with E-state index in [1.165, 1.54) is 15.6 Å². The largest absolute Gasteiger partial charge is 0.389 e. The molecule has 110 valence electrons. The number of amides is 1. The number of nitrogens with zero attached hydrogens (tertiary/aromatic N) is 3. The van der Waals surface area contributed by atoms with Crippen molar-refractivity contribution in [2.24, 2.45) is 12.8 Å². The number of para-hydroxylation sites is 1. The number of anilines is 1. The molecular formula is C13H15N5O2S. The van der Waals surface area contributed by atoms with Gasteiger partial charge in [-0.05, 0) is 12.1 Å². The Balaban J connectivity index is 2.01. The van der Waals surface area contributed by atoms with Gasteiger partial charge in [0.15, 0.2) is 0 Å². The van der Waals surface area contributed by atoms with E-state index in [4.69, 9.17) is 18.0 Å². The van der Waals surface area contributed by atoms with E-state index >= 15 is 0 Å². The molecule has 2 aromatic rings. The van der Waals surface area contributed by atoms with Gasteiger partial charge >= 0.3 is 5.69 Å². The fraction of sp³-hybridized carbons (Fsp3) is 0.231. The van der Waals surface area contributed by atoms with E-state index in [1.54, 1.807) is 31.3 Å². The first kappa shape index (κ1) is 14.9. The lowest BCUT2D eigenvalue weighted by Gasteiger charge is -2.09. The summed E-state index contributed by atoms with van der Waals surface area (Å²) in [6.45, 7) is 0.209. The van der Waals surface area contributed by atoms with Crippen molar-refractivity contribution in [3.05, 3.63) is 46.6 Å². The summed E-state index contributed by atoms with van der Waals surface area (Å²) in [6.07, 6.45) is 1.53. The van der Waals surface area contributed by atoms with Crippen LogP contribution in [0.3, 0.4) is 0 Å². The Bertz CT molecular complexity index is 734. The zero-order valence-corrected chi connectivity index (χ0v) is 12.3. The number of nitrogens with two attached hydrogens (primary N) is 1. The number of aromatic nitrogens is 3. The molecule has 7 nitrogen and oxygen atoms in total. The molecule has 0 spiro atoms. The van der Waals surface area contributed by atoms with Gasteiger partial charge in [0.05, 0.1) is 12.2 Å². The molecule has 0 unspecified atom stereocenters. The smallest absolute Gasteiger partial charge is 0.345 e. The zero-order valence-electron chi connectivity index (χ0n) is 11.4. The van der Waals surface area contributed by atoms with E-state index in [0.29, 0.717) is 11.3 Å². The number of aryl methyl sites for hydroxylation is 2. The van der Waals surface area contributed by atoms with Crippen molar-refractivity contribution in [2.75, 3.05) is 5.32 Å². The predicted octanol–water partition coefficient (Wildman–Crippen LogP) is 0.245. The number of hydrogen-bond acceptors (Lipinski definition) is 4. The molecule has 0 bridgehead atoms. The minimum absolute atomic E-state index is 0.128. The maximum absolute atomic E-state index is 11.9. The average Bonchev–Trinajstić information content (AvgIpc) is 2.77. The van der Waals surface area contributed by atoms with Crippen LogP contribution in [0.1, 0.15) is 12.0 Å².